The number of benzene rings is 1. The summed E-state index contributed by atoms with van der Waals surface area (Å²) >= 11 is 0. The molecule has 0 fully saturated rings. The quantitative estimate of drug-likeness (QED) is 0.668. The second-order valence-corrected chi connectivity index (χ2v) is 3.91. The van der Waals surface area contributed by atoms with Crippen molar-refractivity contribution < 1.29 is 9.47 Å². The van der Waals surface area contributed by atoms with E-state index in [1.54, 1.807) is 7.11 Å². The molecule has 0 atom stereocenters. The van der Waals surface area contributed by atoms with Gasteiger partial charge < -0.3 is 14.8 Å². The molecule has 0 amide bonds. The topological polar surface area (TPSA) is 30.5 Å². The van der Waals surface area contributed by atoms with Crippen LogP contribution in [0.3, 0.4) is 0 Å². The third-order valence-electron chi connectivity index (χ3n) is 2.59. The van der Waals surface area contributed by atoms with E-state index in [9.17, 15) is 0 Å². The lowest BCUT2D eigenvalue weighted by molar-refractivity contribution is 0.198. The Balaban J connectivity index is 2.13. The van der Waals surface area contributed by atoms with Crippen LogP contribution in [-0.4, -0.2) is 33.4 Å². The summed E-state index contributed by atoms with van der Waals surface area (Å²) in [6.07, 6.45) is 2.03. The summed E-state index contributed by atoms with van der Waals surface area (Å²) in [5.41, 5.74) is 1.28. The van der Waals surface area contributed by atoms with Gasteiger partial charge in [-0.3, -0.25) is 0 Å². The lowest BCUT2D eigenvalue weighted by Gasteiger charge is -2.10. The summed E-state index contributed by atoms with van der Waals surface area (Å²) in [4.78, 5) is 0. The molecule has 96 valence electrons. The maximum atomic E-state index is 5.76. The average molecular weight is 237 g/mol. The molecule has 0 aliphatic heterocycles. The second-order valence-electron chi connectivity index (χ2n) is 3.91. The number of rotatable bonds is 9. The van der Waals surface area contributed by atoms with Gasteiger partial charge in [-0.1, -0.05) is 25.1 Å². The van der Waals surface area contributed by atoms with Crippen molar-refractivity contribution >= 4 is 0 Å². The van der Waals surface area contributed by atoms with E-state index in [2.05, 4.69) is 24.4 Å². The summed E-state index contributed by atoms with van der Waals surface area (Å²) in [5, 5.41) is 3.30. The molecule has 1 aromatic carbocycles. The Labute approximate surface area is 104 Å². The fourth-order valence-corrected chi connectivity index (χ4v) is 1.62. The van der Waals surface area contributed by atoms with Crippen LogP contribution in [0.25, 0.3) is 0 Å². The molecule has 0 radical (unpaired) electrons. The first kappa shape index (κ1) is 14.0. The Bertz CT molecular complexity index is 302. The van der Waals surface area contributed by atoms with Crippen molar-refractivity contribution in [1.29, 1.82) is 0 Å². The van der Waals surface area contributed by atoms with E-state index in [1.165, 1.54) is 5.56 Å². The Morgan fingerprint density at radius 2 is 1.94 bits per heavy atom. The summed E-state index contributed by atoms with van der Waals surface area (Å²) in [6.45, 7) is 5.55. The average Bonchev–Trinajstić information content (AvgIpc) is 2.38. The summed E-state index contributed by atoms with van der Waals surface area (Å²) in [5.74, 6) is 1.02. The highest BCUT2D eigenvalue weighted by Crippen LogP contribution is 2.18. The summed E-state index contributed by atoms with van der Waals surface area (Å²) in [6, 6.07) is 8.23. The molecule has 0 saturated heterocycles. The predicted octanol–water partition coefficient (Wildman–Crippen LogP) is 2.25. The van der Waals surface area contributed by atoms with E-state index < -0.39 is 0 Å². The van der Waals surface area contributed by atoms with Crippen LogP contribution in [0.1, 0.15) is 18.9 Å². The van der Waals surface area contributed by atoms with Gasteiger partial charge in [0.25, 0.3) is 0 Å². The maximum absolute atomic E-state index is 5.76. The zero-order valence-corrected chi connectivity index (χ0v) is 10.9. The molecule has 0 heterocycles. The second kappa shape index (κ2) is 9.02. The van der Waals surface area contributed by atoms with Crippen LogP contribution < -0.4 is 10.1 Å². The van der Waals surface area contributed by atoms with Crippen molar-refractivity contribution in [3.05, 3.63) is 29.8 Å². The van der Waals surface area contributed by atoms with Gasteiger partial charge in [0.2, 0.25) is 0 Å². The smallest absolute Gasteiger partial charge is 0.122 e. The van der Waals surface area contributed by atoms with Crippen molar-refractivity contribution in [1.82, 2.24) is 5.32 Å². The zero-order valence-electron chi connectivity index (χ0n) is 10.9. The van der Waals surface area contributed by atoms with Gasteiger partial charge in [-0.25, -0.2) is 0 Å². The molecule has 1 aromatic rings. The Morgan fingerprint density at radius 1 is 1.12 bits per heavy atom. The van der Waals surface area contributed by atoms with Gasteiger partial charge in [0.15, 0.2) is 0 Å². The van der Waals surface area contributed by atoms with Gasteiger partial charge in [0.05, 0.1) is 13.2 Å². The molecule has 0 bridgehead atoms. The molecule has 0 unspecified atom stereocenters. The van der Waals surface area contributed by atoms with Gasteiger partial charge in [-0.15, -0.1) is 0 Å². The number of hydrogen-bond acceptors (Lipinski definition) is 3. The number of ether oxygens (including phenoxy) is 2. The van der Waals surface area contributed by atoms with Crippen LogP contribution in [0.15, 0.2) is 24.3 Å². The van der Waals surface area contributed by atoms with Crippen LogP contribution in [0, 0.1) is 0 Å². The van der Waals surface area contributed by atoms with Crippen LogP contribution in [0.2, 0.25) is 0 Å². The summed E-state index contributed by atoms with van der Waals surface area (Å²) < 4.78 is 10.7. The van der Waals surface area contributed by atoms with Gasteiger partial charge in [0, 0.05) is 13.7 Å². The van der Waals surface area contributed by atoms with E-state index in [-0.39, 0.29) is 0 Å². The molecule has 0 aliphatic carbocycles. The highest BCUT2D eigenvalue weighted by Gasteiger charge is 1.99. The van der Waals surface area contributed by atoms with Gasteiger partial charge in [-0.2, -0.15) is 0 Å². The third kappa shape index (κ3) is 5.71. The van der Waals surface area contributed by atoms with Crippen LogP contribution in [-0.2, 0) is 11.2 Å². The van der Waals surface area contributed by atoms with Crippen LogP contribution >= 0.6 is 0 Å². The largest absolute Gasteiger partial charge is 0.493 e. The molecule has 0 aromatic heterocycles. The number of aryl methyl sites for hydroxylation is 1. The highest BCUT2D eigenvalue weighted by atomic mass is 16.5. The predicted molar refractivity (Wildman–Crippen MR) is 70.7 cm³/mol. The summed E-state index contributed by atoms with van der Waals surface area (Å²) in [7, 11) is 1.71. The van der Waals surface area contributed by atoms with E-state index in [4.69, 9.17) is 9.47 Å². The zero-order chi connectivity index (χ0) is 12.3. The monoisotopic (exact) mass is 237 g/mol. The van der Waals surface area contributed by atoms with Crippen molar-refractivity contribution in [2.45, 2.75) is 19.8 Å². The van der Waals surface area contributed by atoms with Gasteiger partial charge >= 0.3 is 0 Å². The first-order chi connectivity index (χ1) is 8.38. The molecule has 17 heavy (non-hydrogen) atoms. The normalized spacial score (nSPS) is 10.5. The maximum Gasteiger partial charge on any atom is 0.122 e. The van der Waals surface area contributed by atoms with Crippen molar-refractivity contribution in [3.8, 4) is 5.75 Å². The van der Waals surface area contributed by atoms with Crippen molar-refractivity contribution in [2.24, 2.45) is 0 Å². The number of hydrogen-bond donors (Lipinski definition) is 1. The molecule has 1 N–H and O–H groups in total. The molecular weight excluding hydrogens is 214 g/mol. The first-order valence-electron chi connectivity index (χ1n) is 6.28. The Morgan fingerprint density at radius 3 is 2.71 bits per heavy atom. The first-order valence-corrected chi connectivity index (χ1v) is 6.28. The number of para-hydroxylation sites is 1. The molecule has 0 saturated carbocycles. The Hall–Kier alpha value is -1.06. The molecular formula is C14H23NO2. The van der Waals surface area contributed by atoms with Gasteiger partial charge in [-0.05, 0) is 31.0 Å². The lowest BCUT2D eigenvalue weighted by atomic mass is 10.1. The van der Waals surface area contributed by atoms with Crippen LogP contribution in [0.4, 0.5) is 0 Å². The standard InChI is InChI=1S/C14H23NO2/c1-3-13-7-4-5-8-14(13)17-11-6-9-15-10-12-16-2/h4-5,7-8,15H,3,6,9-12H2,1-2H3. The van der Waals surface area contributed by atoms with E-state index in [0.717, 1.165) is 44.9 Å². The Kier molecular flexibility index (Phi) is 7.43. The minimum absolute atomic E-state index is 0.761. The fourth-order valence-electron chi connectivity index (χ4n) is 1.62. The molecule has 0 aliphatic rings. The minimum atomic E-state index is 0.761. The van der Waals surface area contributed by atoms with Crippen molar-refractivity contribution in [3.63, 3.8) is 0 Å². The van der Waals surface area contributed by atoms with Gasteiger partial charge in [0.1, 0.15) is 5.75 Å². The highest BCUT2D eigenvalue weighted by molar-refractivity contribution is 5.33. The molecule has 3 nitrogen and oxygen atoms in total. The third-order valence-corrected chi connectivity index (χ3v) is 2.59. The van der Waals surface area contributed by atoms with Crippen LogP contribution in [0.5, 0.6) is 5.75 Å². The molecule has 3 heteroatoms. The minimum Gasteiger partial charge on any atom is -0.493 e. The molecule has 0 spiro atoms. The number of methoxy groups -OCH3 is 1. The SMILES string of the molecule is CCc1ccccc1OCCCNCCOC. The molecule has 1 rings (SSSR count). The lowest BCUT2D eigenvalue weighted by Crippen LogP contribution is -2.21. The fraction of sp³-hybridized carbons (Fsp3) is 0.571. The van der Waals surface area contributed by atoms with E-state index in [0.29, 0.717) is 0 Å². The van der Waals surface area contributed by atoms with E-state index in [1.807, 2.05) is 12.1 Å². The number of nitrogens with one attached hydrogen (secondary N) is 1. The van der Waals surface area contributed by atoms with E-state index >= 15 is 0 Å². The van der Waals surface area contributed by atoms with Crippen molar-refractivity contribution in [2.75, 3.05) is 33.4 Å².